The van der Waals surface area contributed by atoms with Crippen LogP contribution in [0.25, 0.3) is 0 Å². The topological polar surface area (TPSA) is 75.5 Å². The Bertz CT molecular complexity index is 555. The number of rotatable bonds is 2. The predicted octanol–water partition coefficient (Wildman–Crippen LogP) is 1.73. The van der Waals surface area contributed by atoms with Crippen LogP contribution >= 0.6 is 0 Å². The molecule has 6 nitrogen and oxygen atoms in total. The van der Waals surface area contributed by atoms with E-state index >= 15 is 0 Å². The van der Waals surface area contributed by atoms with E-state index in [0.717, 1.165) is 0 Å². The summed E-state index contributed by atoms with van der Waals surface area (Å²) in [6.45, 7) is 7.55. The lowest BCUT2D eigenvalue weighted by Gasteiger charge is -2.39. The molecule has 1 aliphatic heterocycles. The lowest BCUT2D eigenvalue weighted by atomic mass is 9.99. The number of nitrogens with one attached hydrogen (secondary N) is 1. The molecule has 108 valence electrons. The Morgan fingerprint density at radius 3 is 2.75 bits per heavy atom. The van der Waals surface area contributed by atoms with E-state index in [2.05, 4.69) is 5.32 Å². The monoisotopic (exact) mass is 277 g/mol. The number of nitrogens with zero attached hydrogens (tertiary/aromatic N) is 2. The zero-order valence-electron chi connectivity index (χ0n) is 12.0. The van der Waals surface area contributed by atoms with Crippen LogP contribution in [0.5, 0.6) is 0 Å². The quantitative estimate of drug-likeness (QED) is 0.660. The van der Waals surface area contributed by atoms with Gasteiger partial charge in [-0.1, -0.05) is 12.1 Å². The van der Waals surface area contributed by atoms with E-state index in [4.69, 9.17) is 0 Å². The summed E-state index contributed by atoms with van der Waals surface area (Å²) in [5.74, 6) is -0.260. The number of aryl methyl sites for hydroxylation is 1. The highest BCUT2D eigenvalue weighted by molar-refractivity contribution is 5.99. The summed E-state index contributed by atoms with van der Waals surface area (Å²) in [6.07, 6.45) is 0. The first-order valence-corrected chi connectivity index (χ1v) is 6.60. The van der Waals surface area contributed by atoms with Gasteiger partial charge in [0, 0.05) is 31.2 Å². The molecule has 2 rings (SSSR count). The number of carbonyl (C=O) groups excluding carboxylic acids is 1. The van der Waals surface area contributed by atoms with Crippen molar-refractivity contribution in [3.63, 3.8) is 0 Å². The van der Waals surface area contributed by atoms with Crippen LogP contribution in [0, 0.1) is 17.0 Å². The Kier molecular flexibility index (Phi) is 3.76. The average Bonchev–Trinajstić information content (AvgIpc) is 2.36. The largest absolute Gasteiger partial charge is 0.335 e. The normalized spacial score (nSPS) is 17.9. The molecule has 1 amide bonds. The van der Waals surface area contributed by atoms with Gasteiger partial charge in [0.15, 0.2) is 0 Å². The second-order valence-corrected chi connectivity index (χ2v) is 5.76. The highest BCUT2D eigenvalue weighted by Crippen LogP contribution is 2.24. The highest BCUT2D eigenvalue weighted by Gasteiger charge is 2.32. The molecule has 1 heterocycles. The maximum atomic E-state index is 12.6. The Hall–Kier alpha value is -1.95. The van der Waals surface area contributed by atoms with Crippen LogP contribution in [-0.2, 0) is 0 Å². The van der Waals surface area contributed by atoms with E-state index in [1.165, 1.54) is 6.07 Å². The van der Waals surface area contributed by atoms with Crippen LogP contribution in [0.4, 0.5) is 5.69 Å². The Morgan fingerprint density at radius 2 is 2.15 bits per heavy atom. The summed E-state index contributed by atoms with van der Waals surface area (Å²) in [7, 11) is 0. The van der Waals surface area contributed by atoms with Crippen molar-refractivity contribution < 1.29 is 9.72 Å². The zero-order chi connectivity index (χ0) is 14.9. The van der Waals surface area contributed by atoms with Crippen LogP contribution < -0.4 is 5.32 Å². The summed E-state index contributed by atoms with van der Waals surface area (Å²) in [5, 5.41) is 14.4. The molecule has 0 bridgehead atoms. The van der Waals surface area contributed by atoms with Crippen molar-refractivity contribution in [1.29, 1.82) is 0 Å². The molecule has 0 saturated carbocycles. The summed E-state index contributed by atoms with van der Waals surface area (Å²) < 4.78 is 0. The predicted molar refractivity (Wildman–Crippen MR) is 75.8 cm³/mol. The van der Waals surface area contributed by atoms with Crippen molar-refractivity contribution in [3.05, 3.63) is 39.4 Å². The molecule has 0 aliphatic carbocycles. The molecular weight excluding hydrogens is 258 g/mol. The molecule has 1 aromatic carbocycles. The fourth-order valence-corrected chi connectivity index (χ4v) is 2.56. The first kappa shape index (κ1) is 14.5. The molecule has 0 unspecified atom stereocenters. The highest BCUT2D eigenvalue weighted by atomic mass is 16.6. The molecule has 1 aliphatic rings. The Balaban J connectivity index is 2.36. The number of nitro groups is 1. The third-order valence-electron chi connectivity index (χ3n) is 3.52. The number of amides is 1. The smallest absolute Gasteiger partial charge is 0.282 e. The molecule has 1 N–H and O–H groups in total. The van der Waals surface area contributed by atoms with E-state index in [-0.39, 0.29) is 22.7 Å². The van der Waals surface area contributed by atoms with Gasteiger partial charge < -0.3 is 10.2 Å². The van der Waals surface area contributed by atoms with Crippen molar-refractivity contribution in [1.82, 2.24) is 10.2 Å². The molecule has 0 aromatic heterocycles. The summed E-state index contributed by atoms with van der Waals surface area (Å²) in [4.78, 5) is 24.9. The van der Waals surface area contributed by atoms with Gasteiger partial charge in [-0.2, -0.15) is 0 Å². The van der Waals surface area contributed by atoms with Crippen LogP contribution in [0.3, 0.4) is 0 Å². The molecule has 20 heavy (non-hydrogen) atoms. The van der Waals surface area contributed by atoms with Gasteiger partial charge in [0.1, 0.15) is 5.56 Å². The van der Waals surface area contributed by atoms with Crippen molar-refractivity contribution >= 4 is 11.6 Å². The molecular formula is C14H19N3O3. The minimum atomic E-state index is -0.492. The Labute approximate surface area is 117 Å². The SMILES string of the molecule is Cc1cccc([N+](=O)[O-])c1C(=O)N1CCNC(C)(C)C1. The van der Waals surface area contributed by atoms with Crippen molar-refractivity contribution in [2.45, 2.75) is 26.3 Å². The van der Waals surface area contributed by atoms with E-state index < -0.39 is 4.92 Å². The third-order valence-corrected chi connectivity index (χ3v) is 3.52. The van der Waals surface area contributed by atoms with Crippen LogP contribution in [0.1, 0.15) is 29.8 Å². The van der Waals surface area contributed by atoms with Crippen molar-refractivity contribution in [2.75, 3.05) is 19.6 Å². The minimum absolute atomic E-state index is 0.119. The van der Waals surface area contributed by atoms with E-state index in [1.807, 2.05) is 13.8 Å². The zero-order valence-corrected chi connectivity index (χ0v) is 12.0. The van der Waals surface area contributed by atoms with Gasteiger partial charge in [0.05, 0.1) is 4.92 Å². The number of carbonyl (C=O) groups is 1. The molecule has 0 atom stereocenters. The van der Waals surface area contributed by atoms with Crippen LogP contribution in [0.15, 0.2) is 18.2 Å². The average molecular weight is 277 g/mol. The van der Waals surface area contributed by atoms with Gasteiger partial charge in [0.2, 0.25) is 0 Å². The third kappa shape index (κ3) is 2.80. The number of piperazine rings is 1. The van der Waals surface area contributed by atoms with Gasteiger partial charge in [0.25, 0.3) is 11.6 Å². The lowest BCUT2D eigenvalue weighted by Crippen LogP contribution is -2.58. The van der Waals surface area contributed by atoms with Gasteiger partial charge in [-0.05, 0) is 26.3 Å². The van der Waals surface area contributed by atoms with Crippen LogP contribution in [0.2, 0.25) is 0 Å². The summed E-state index contributed by atoms with van der Waals surface area (Å²) >= 11 is 0. The van der Waals surface area contributed by atoms with Gasteiger partial charge in [-0.3, -0.25) is 14.9 Å². The van der Waals surface area contributed by atoms with Crippen molar-refractivity contribution in [3.8, 4) is 0 Å². The fourth-order valence-electron chi connectivity index (χ4n) is 2.56. The van der Waals surface area contributed by atoms with Crippen LogP contribution in [-0.4, -0.2) is 40.9 Å². The van der Waals surface area contributed by atoms with E-state index in [9.17, 15) is 14.9 Å². The minimum Gasteiger partial charge on any atom is -0.335 e. The maximum absolute atomic E-state index is 12.6. The molecule has 1 aromatic rings. The Morgan fingerprint density at radius 1 is 1.45 bits per heavy atom. The second-order valence-electron chi connectivity index (χ2n) is 5.76. The molecule has 0 radical (unpaired) electrons. The molecule has 6 heteroatoms. The summed E-state index contributed by atoms with van der Waals surface area (Å²) in [5.41, 5.74) is 0.549. The van der Waals surface area contributed by atoms with Gasteiger partial charge >= 0.3 is 0 Å². The van der Waals surface area contributed by atoms with Gasteiger partial charge in [-0.15, -0.1) is 0 Å². The number of nitro benzene ring substituents is 1. The lowest BCUT2D eigenvalue weighted by molar-refractivity contribution is -0.385. The molecule has 1 fully saturated rings. The van der Waals surface area contributed by atoms with Crippen molar-refractivity contribution in [2.24, 2.45) is 0 Å². The van der Waals surface area contributed by atoms with Gasteiger partial charge in [-0.25, -0.2) is 0 Å². The first-order chi connectivity index (χ1) is 9.32. The maximum Gasteiger partial charge on any atom is 0.282 e. The number of benzene rings is 1. The standard InChI is InChI=1S/C14H19N3O3/c1-10-5-4-6-11(17(19)20)12(10)13(18)16-8-7-15-14(2,3)9-16/h4-6,15H,7-9H2,1-3H3. The van der Waals surface area contributed by atoms with E-state index in [1.54, 1.807) is 24.0 Å². The number of hydrogen-bond donors (Lipinski definition) is 1. The molecule has 0 spiro atoms. The first-order valence-electron chi connectivity index (χ1n) is 6.60. The second kappa shape index (κ2) is 5.20. The van der Waals surface area contributed by atoms with E-state index in [0.29, 0.717) is 25.2 Å². The molecule has 1 saturated heterocycles. The summed E-state index contributed by atoms with van der Waals surface area (Å²) in [6, 6.07) is 4.72. The number of hydrogen-bond acceptors (Lipinski definition) is 4. The fraction of sp³-hybridized carbons (Fsp3) is 0.500.